The second kappa shape index (κ2) is 6.87. The van der Waals surface area contributed by atoms with Gasteiger partial charge in [-0.15, -0.1) is 11.3 Å². The number of hydrogen-bond donors (Lipinski definition) is 1. The molecule has 2 aromatic carbocycles. The number of rotatable bonds is 3. The average molecular weight is 388 g/mol. The van der Waals surface area contributed by atoms with Crippen LogP contribution in [-0.4, -0.2) is 26.6 Å². The molecule has 0 bridgehead atoms. The van der Waals surface area contributed by atoms with Crippen LogP contribution in [0.2, 0.25) is 0 Å². The monoisotopic (exact) mass is 388 g/mol. The molecule has 1 aliphatic heterocycles. The summed E-state index contributed by atoms with van der Waals surface area (Å²) < 4.78 is 0. The molecular formula is C22H20N4OS. The largest absolute Gasteiger partial charge is 0.507 e. The van der Waals surface area contributed by atoms with Crippen LogP contribution >= 0.6 is 11.3 Å². The first kappa shape index (κ1) is 17.1. The zero-order valence-corrected chi connectivity index (χ0v) is 16.4. The summed E-state index contributed by atoms with van der Waals surface area (Å²) in [7, 11) is 0. The molecule has 1 saturated heterocycles. The van der Waals surface area contributed by atoms with Crippen LogP contribution in [0, 0.1) is 6.92 Å². The van der Waals surface area contributed by atoms with Crippen LogP contribution in [0.5, 0.6) is 5.75 Å². The molecule has 1 N–H and O–H groups in total. The highest BCUT2D eigenvalue weighted by Crippen LogP contribution is 2.40. The van der Waals surface area contributed by atoms with Crippen LogP contribution in [0.4, 0.5) is 5.82 Å². The summed E-state index contributed by atoms with van der Waals surface area (Å²) in [4.78, 5) is 16.6. The van der Waals surface area contributed by atoms with Gasteiger partial charge in [0, 0.05) is 23.5 Å². The zero-order valence-electron chi connectivity index (χ0n) is 15.5. The van der Waals surface area contributed by atoms with Gasteiger partial charge >= 0.3 is 0 Å². The van der Waals surface area contributed by atoms with Gasteiger partial charge in [0.2, 0.25) is 0 Å². The summed E-state index contributed by atoms with van der Waals surface area (Å²) in [6.07, 6.45) is 4.04. The van der Waals surface area contributed by atoms with E-state index < -0.39 is 0 Å². The van der Waals surface area contributed by atoms with Crippen molar-refractivity contribution in [2.75, 3.05) is 11.4 Å². The third-order valence-electron chi connectivity index (χ3n) is 5.24. The van der Waals surface area contributed by atoms with E-state index in [1.54, 1.807) is 17.4 Å². The van der Waals surface area contributed by atoms with E-state index in [-0.39, 0.29) is 11.8 Å². The molecule has 0 radical (unpaired) electrons. The SMILES string of the molecule is Cc1ccc2c(N3CCCC3c3nccs3)nc(-c3ccccc3O)nc2c1. The van der Waals surface area contributed by atoms with E-state index >= 15 is 0 Å². The minimum absolute atomic E-state index is 0.193. The Morgan fingerprint density at radius 3 is 2.86 bits per heavy atom. The van der Waals surface area contributed by atoms with Crippen LogP contribution in [-0.2, 0) is 0 Å². The Morgan fingerprint density at radius 1 is 1.14 bits per heavy atom. The van der Waals surface area contributed by atoms with E-state index in [2.05, 4.69) is 35.0 Å². The Kier molecular flexibility index (Phi) is 4.20. The fraction of sp³-hybridized carbons (Fsp3) is 0.227. The van der Waals surface area contributed by atoms with Gasteiger partial charge in [-0.3, -0.25) is 0 Å². The summed E-state index contributed by atoms with van der Waals surface area (Å²) in [6, 6.07) is 13.8. The number of aromatic nitrogens is 3. The van der Waals surface area contributed by atoms with Crippen molar-refractivity contribution in [3.63, 3.8) is 0 Å². The van der Waals surface area contributed by atoms with Gasteiger partial charge in [-0.2, -0.15) is 0 Å². The van der Waals surface area contributed by atoms with Gasteiger partial charge in [0.25, 0.3) is 0 Å². The van der Waals surface area contributed by atoms with Crippen molar-refractivity contribution in [2.45, 2.75) is 25.8 Å². The van der Waals surface area contributed by atoms with E-state index in [0.29, 0.717) is 11.4 Å². The lowest BCUT2D eigenvalue weighted by molar-refractivity contribution is 0.477. The Labute approximate surface area is 167 Å². The highest BCUT2D eigenvalue weighted by atomic mass is 32.1. The summed E-state index contributed by atoms with van der Waals surface area (Å²) in [5, 5.41) is 14.5. The molecule has 5 nitrogen and oxygen atoms in total. The quantitative estimate of drug-likeness (QED) is 0.528. The number of para-hydroxylation sites is 1. The molecule has 1 fully saturated rings. The number of phenolic OH excluding ortho intramolecular Hbond substituents is 1. The lowest BCUT2D eigenvalue weighted by Gasteiger charge is -2.26. The number of thiazole rings is 1. The number of fused-ring (bicyclic) bond motifs is 1. The second-order valence-electron chi connectivity index (χ2n) is 7.13. The normalized spacial score (nSPS) is 16.8. The highest BCUT2D eigenvalue weighted by molar-refractivity contribution is 7.09. The van der Waals surface area contributed by atoms with Crippen molar-refractivity contribution >= 4 is 28.1 Å². The van der Waals surface area contributed by atoms with Gasteiger partial charge in [-0.05, 0) is 49.6 Å². The molecule has 0 amide bonds. The summed E-state index contributed by atoms with van der Waals surface area (Å²) in [5.74, 6) is 1.66. The lowest BCUT2D eigenvalue weighted by atomic mass is 10.1. The topological polar surface area (TPSA) is 62.1 Å². The molecule has 1 unspecified atom stereocenters. The number of benzene rings is 2. The molecule has 6 heteroatoms. The maximum Gasteiger partial charge on any atom is 0.165 e. The smallest absolute Gasteiger partial charge is 0.165 e. The molecule has 140 valence electrons. The van der Waals surface area contributed by atoms with Crippen LogP contribution in [0.3, 0.4) is 0 Å². The number of aromatic hydroxyl groups is 1. The Morgan fingerprint density at radius 2 is 2.04 bits per heavy atom. The molecule has 2 aromatic heterocycles. The van der Waals surface area contributed by atoms with E-state index in [9.17, 15) is 5.11 Å². The zero-order chi connectivity index (χ0) is 19.1. The molecule has 28 heavy (non-hydrogen) atoms. The molecule has 1 aliphatic rings. The molecule has 0 saturated carbocycles. The Hall–Kier alpha value is -2.99. The maximum atomic E-state index is 10.3. The predicted octanol–water partition coefficient (Wildman–Crippen LogP) is 5.11. The molecule has 5 rings (SSSR count). The summed E-state index contributed by atoms with van der Waals surface area (Å²) in [5.41, 5.74) is 2.70. The molecule has 0 spiro atoms. The van der Waals surface area contributed by atoms with Gasteiger partial charge in [-0.1, -0.05) is 18.2 Å². The number of nitrogens with zero attached hydrogens (tertiary/aromatic N) is 4. The minimum atomic E-state index is 0.193. The predicted molar refractivity (Wildman–Crippen MR) is 113 cm³/mol. The van der Waals surface area contributed by atoms with Gasteiger partial charge < -0.3 is 10.0 Å². The van der Waals surface area contributed by atoms with E-state index in [1.165, 1.54) is 0 Å². The number of anilines is 1. The van der Waals surface area contributed by atoms with Crippen molar-refractivity contribution < 1.29 is 5.11 Å². The van der Waals surface area contributed by atoms with Crippen LogP contribution < -0.4 is 4.90 Å². The van der Waals surface area contributed by atoms with E-state index in [1.807, 2.05) is 29.8 Å². The molecule has 3 heterocycles. The number of aryl methyl sites for hydroxylation is 1. The third-order valence-corrected chi connectivity index (χ3v) is 6.12. The Balaban J connectivity index is 1.72. The van der Waals surface area contributed by atoms with Crippen molar-refractivity contribution in [1.29, 1.82) is 0 Å². The first-order valence-electron chi connectivity index (χ1n) is 9.43. The lowest BCUT2D eigenvalue weighted by Crippen LogP contribution is -2.24. The molecule has 1 atom stereocenters. The van der Waals surface area contributed by atoms with Crippen LogP contribution in [0.25, 0.3) is 22.3 Å². The fourth-order valence-electron chi connectivity index (χ4n) is 3.90. The summed E-state index contributed by atoms with van der Waals surface area (Å²) >= 11 is 1.69. The first-order valence-corrected chi connectivity index (χ1v) is 10.3. The highest BCUT2D eigenvalue weighted by Gasteiger charge is 2.30. The number of phenols is 1. The van der Waals surface area contributed by atoms with Crippen molar-refractivity contribution in [2.24, 2.45) is 0 Å². The van der Waals surface area contributed by atoms with Crippen molar-refractivity contribution in [1.82, 2.24) is 15.0 Å². The minimum Gasteiger partial charge on any atom is -0.507 e. The van der Waals surface area contributed by atoms with Crippen LogP contribution in [0.1, 0.15) is 29.5 Å². The maximum absolute atomic E-state index is 10.3. The van der Waals surface area contributed by atoms with Crippen molar-refractivity contribution in [3.05, 3.63) is 64.6 Å². The first-order chi connectivity index (χ1) is 13.7. The average Bonchev–Trinajstić information content (AvgIpc) is 3.38. The molecular weight excluding hydrogens is 368 g/mol. The summed E-state index contributed by atoms with van der Waals surface area (Å²) in [6.45, 7) is 3.00. The van der Waals surface area contributed by atoms with Gasteiger partial charge in [0.1, 0.15) is 16.6 Å². The van der Waals surface area contributed by atoms with E-state index in [4.69, 9.17) is 9.97 Å². The third kappa shape index (κ3) is 2.90. The Bertz CT molecular complexity index is 1140. The molecule has 0 aliphatic carbocycles. The standard InChI is InChI=1S/C22H20N4OS/c1-14-8-9-15-17(13-14)24-20(16-5-2-3-7-19(16)27)25-21(15)26-11-4-6-18(26)22-23-10-12-28-22/h2-3,5,7-10,12-13,18,27H,4,6,11H2,1H3. The van der Waals surface area contributed by atoms with Gasteiger partial charge in [0.15, 0.2) is 5.82 Å². The van der Waals surface area contributed by atoms with E-state index in [0.717, 1.165) is 46.7 Å². The van der Waals surface area contributed by atoms with Crippen molar-refractivity contribution in [3.8, 4) is 17.1 Å². The second-order valence-corrected chi connectivity index (χ2v) is 8.06. The molecule has 4 aromatic rings. The van der Waals surface area contributed by atoms with Crippen LogP contribution in [0.15, 0.2) is 54.0 Å². The van der Waals surface area contributed by atoms with Gasteiger partial charge in [-0.25, -0.2) is 15.0 Å². The fourth-order valence-corrected chi connectivity index (χ4v) is 4.69. The number of hydrogen-bond acceptors (Lipinski definition) is 6. The van der Waals surface area contributed by atoms with Gasteiger partial charge in [0.05, 0.1) is 17.1 Å².